The number of likely N-dealkylation sites (tertiary alicyclic amines) is 1. The number of carbonyl (C=O) groups excluding carboxylic acids is 1. The van der Waals surface area contributed by atoms with Gasteiger partial charge in [-0.05, 0) is 51.4 Å². The summed E-state index contributed by atoms with van der Waals surface area (Å²) in [4.78, 5) is 19.2. The fourth-order valence-electron chi connectivity index (χ4n) is 3.03. The van der Waals surface area contributed by atoms with Gasteiger partial charge in [-0.3, -0.25) is 9.78 Å². The molecule has 0 aliphatic carbocycles. The molecular formula is C18H29N3O. The number of nitrogens with zero attached hydrogens (tertiary/aromatic N) is 2. The summed E-state index contributed by atoms with van der Waals surface area (Å²) in [6.07, 6.45) is 6.66. The van der Waals surface area contributed by atoms with Gasteiger partial charge in [0.15, 0.2) is 0 Å². The minimum Gasteiger partial charge on any atom is -0.348 e. The second kappa shape index (κ2) is 8.89. The number of aromatic nitrogens is 1. The van der Waals surface area contributed by atoms with Gasteiger partial charge in [-0.1, -0.05) is 25.8 Å². The maximum absolute atomic E-state index is 12.2. The molecule has 1 aliphatic rings. The van der Waals surface area contributed by atoms with Gasteiger partial charge in [-0.2, -0.15) is 0 Å². The molecule has 1 aliphatic heterocycles. The summed E-state index contributed by atoms with van der Waals surface area (Å²) < 4.78 is 0. The second-order valence-electron chi connectivity index (χ2n) is 6.24. The highest BCUT2D eigenvalue weighted by molar-refractivity contribution is 5.76. The number of hydrogen-bond acceptors (Lipinski definition) is 3. The number of rotatable bonds is 6. The van der Waals surface area contributed by atoms with E-state index in [4.69, 9.17) is 0 Å². The Balaban J connectivity index is 1.81. The summed E-state index contributed by atoms with van der Waals surface area (Å²) in [5, 5.41) is 3.14. The van der Waals surface area contributed by atoms with Gasteiger partial charge in [0.1, 0.15) is 0 Å². The van der Waals surface area contributed by atoms with Gasteiger partial charge in [0.2, 0.25) is 5.91 Å². The van der Waals surface area contributed by atoms with E-state index < -0.39 is 0 Å². The van der Waals surface area contributed by atoms with Crippen molar-refractivity contribution in [1.82, 2.24) is 15.2 Å². The van der Waals surface area contributed by atoms with Crippen molar-refractivity contribution in [2.45, 2.75) is 58.4 Å². The Hall–Kier alpha value is -1.42. The smallest absolute Gasteiger partial charge is 0.221 e. The number of hydrogen-bond donors (Lipinski definition) is 1. The van der Waals surface area contributed by atoms with Crippen molar-refractivity contribution in [3.8, 4) is 0 Å². The van der Waals surface area contributed by atoms with E-state index in [-0.39, 0.29) is 11.9 Å². The molecule has 0 spiro atoms. The standard InChI is InChI=1S/C18H29N3O/c1-3-16(17-10-8-9-15(2)19-17)20-18(22)11-14-21-12-6-4-5-7-13-21/h8-10,16H,3-7,11-14H2,1-2H3,(H,20,22). The molecule has 1 saturated heterocycles. The van der Waals surface area contributed by atoms with Crippen molar-refractivity contribution < 1.29 is 4.79 Å². The maximum Gasteiger partial charge on any atom is 0.221 e. The van der Waals surface area contributed by atoms with Gasteiger partial charge in [0.05, 0.1) is 11.7 Å². The molecule has 1 amide bonds. The first-order valence-corrected chi connectivity index (χ1v) is 8.64. The quantitative estimate of drug-likeness (QED) is 0.877. The summed E-state index contributed by atoms with van der Waals surface area (Å²) in [6.45, 7) is 7.23. The van der Waals surface area contributed by atoms with Crippen LogP contribution in [0.5, 0.6) is 0 Å². The number of carbonyl (C=O) groups is 1. The molecule has 2 rings (SSSR count). The van der Waals surface area contributed by atoms with Gasteiger partial charge in [0.25, 0.3) is 0 Å². The summed E-state index contributed by atoms with van der Waals surface area (Å²) >= 11 is 0. The van der Waals surface area contributed by atoms with Crippen LogP contribution >= 0.6 is 0 Å². The molecule has 122 valence electrons. The van der Waals surface area contributed by atoms with Crippen molar-refractivity contribution >= 4 is 5.91 Å². The zero-order valence-corrected chi connectivity index (χ0v) is 14.0. The second-order valence-corrected chi connectivity index (χ2v) is 6.24. The molecule has 1 aromatic rings. The van der Waals surface area contributed by atoms with Crippen molar-refractivity contribution in [3.05, 3.63) is 29.6 Å². The van der Waals surface area contributed by atoms with E-state index in [1.165, 1.54) is 25.7 Å². The summed E-state index contributed by atoms with van der Waals surface area (Å²) in [5.74, 6) is 0.138. The van der Waals surface area contributed by atoms with E-state index in [1.54, 1.807) is 0 Å². The van der Waals surface area contributed by atoms with E-state index in [0.29, 0.717) is 6.42 Å². The lowest BCUT2D eigenvalue weighted by molar-refractivity contribution is -0.122. The molecule has 0 saturated carbocycles. The first kappa shape index (κ1) is 16.9. The first-order chi connectivity index (χ1) is 10.7. The topological polar surface area (TPSA) is 45.2 Å². The van der Waals surface area contributed by atoms with Crippen LogP contribution in [0.4, 0.5) is 0 Å². The van der Waals surface area contributed by atoms with Crippen LogP contribution in [0, 0.1) is 6.92 Å². The SMILES string of the molecule is CCC(NC(=O)CCN1CCCCCC1)c1cccc(C)n1. The Bertz CT molecular complexity index is 467. The van der Waals surface area contributed by atoms with Gasteiger partial charge >= 0.3 is 0 Å². The van der Waals surface area contributed by atoms with Crippen LogP contribution in [0.25, 0.3) is 0 Å². The molecule has 4 heteroatoms. The van der Waals surface area contributed by atoms with Crippen molar-refractivity contribution in [2.24, 2.45) is 0 Å². The average molecular weight is 303 g/mol. The van der Waals surface area contributed by atoms with Crippen molar-refractivity contribution in [2.75, 3.05) is 19.6 Å². The Morgan fingerprint density at radius 2 is 2.00 bits per heavy atom. The van der Waals surface area contributed by atoms with Gasteiger partial charge in [-0.25, -0.2) is 0 Å². The molecular weight excluding hydrogens is 274 g/mol. The minimum atomic E-state index is 0.0246. The van der Waals surface area contributed by atoms with E-state index in [2.05, 4.69) is 22.1 Å². The van der Waals surface area contributed by atoms with Crippen LogP contribution in [0.1, 0.15) is 62.9 Å². The summed E-state index contributed by atoms with van der Waals surface area (Å²) in [6, 6.07) is 6.01. The molecule has 1 fully saturated rings. The lowest BCUT2D eigenvalue weighted by Crippen LogP contribution is -2.33. The predicted octanol–water partition coefficient (Wildman–Crippen LogP) is 3.22. The molecule has 0 bridgehead atoms. The van der Waals surface area contributed by atoms with Crippen LogP contribution in [-0.4, -0.2) is 35.4 Å². The predicted molar refractivity (Wildman–Crippen MR) is 89.7 cm³/mol. The highest BCUT2D eigenvalue weighted by Crippen LogP contribution is 2.15. The fraction of sp³-hybridized carbons (Fsp3) is 0.667. The third-order valence-corrected chi connectivity index (χ3v) is 4.36. The van der Waals surface area contributed by atoms with E-state index in [9.17, 15) is 4.79 Å². The number of amides is 1. The molecule has 4 nitrogen and oxygen atoms in total. The average Bonchev–Trinajstić information content (AvgIpc) is 2.79. The van der Waals surface area contributed by atoms with Crippen molar-refractivity contribution in [3.63, 3.8) is 0 Å². The number of pyridine rings is 1. The van der Waals surface area contributed by atoms with E-state index >= 15 is 0 Å². The summed E-state index contributed by atoms with van der Waals surface area (Å²) in [5.41, 5.74) is 1.96. The third kappa shape index (κ3) is 5.41. The monoisotopic (exact) mass is 303 g/mol. The normalized spacial score (nSPS) is 17.7. The molecule has 1 aromatic heterocycles. The lowest BCUT2D eigenvalue weighted by atomic mass is 10.1. The Morgan fingerprint density at radius 1 is 1.27 bits per heavy atom. The van der Waals surface area contributed by atoms with E-state index in [1.807, 2.05) is 25.1 Å². The Kier molecular flexibility index (Phi) is 6.84. The Morgan fingerprint density at radius 3 is 2.64 bits per heavy atom. The first-order valence-electron chi connectivity index (χ1n) is 8.64. The van der Waals surface area contributed by atoms with E-state index in [0.717, 1.165) is 37.4 Å². The highest BCUT2D eigenvalue weighted by Gasteiger charge is 2.15. The Labute approximate surface area is 134 Å². The largest absolute Gasteiger partial charge is 0.348 e. The third-order valence-electron chi connectivity index (χ3n) is 4.36. The van der Waals surface area contributed by atoms with Crippen LogP contribution in [-0.2, 0) is 4.79 Å². The van der Waals surface area contributed by atoms with Gasteiger partial charge in [-0.15, -0.1) is 0 Å². The van der Waals surface area contributed by atoms with Gasteiger partial charge < -0.3 is 10.2 Å². The number of aryl methyl sites for hydroxylation is 1. The van der Waals surface area contributed by atoms with Crippen LogP contribution in [0.3, 0.4) is 0 Å². The van der Waals surface area contributed by atoms with Crippen LogP contribution in [0.15, 0.2) is 18.2 Å². The molecule has 1 N–H and O–H groups in total. The maximum atomic E-state index is 12.2. The van der Waals surface area contributed by atoms with Crippen LogP contribution in [0.2, 0.25) is 0 Å². The molecule has 1 unspecified atom stereocenters. The van der Waals surface area contributed by atoms with Crippen molar-refractivity contribution in [1.29, 1.82) is 0 Å². The highest BCUT2D eigenvalue weighted by atomic mass is 16.1. The molecule has 1 atom stereocenters. The minimum absolute atomic E-state index is 0.0246. The molecule has 2 heterocycles. The zero-order valence-electron chi connectivity index (χ0n) is 14.0. The van der Waals surface area contributed by atoms with Crippen LogP contribution < -0.4 is 5.32 Å². The zero-order chi connectivity index (χ0) is 15.8. The van der Waals surface area contributed by atoms with Gasteiger partial charge in [0, 0.05) is 18.7 Å². The fourth-order valence-corrected chi connectivity index (χ4v) is 3.03. The molecule has 0 aromatic carbocycles. The summed E-state index contributed by atoms with van der Waals surface area (Å²) in [7, 11) is 0. The molecule has 0 radical (unpaired) electrons. The number of nitrogens with one attached hydrogen (secondary N) is 1. The molecule has 22 heavy (non-hydrogen) atoms. The lowest BCUT2D eigenvalue weighted by Gasteiger charge is -2.21.